The average Bonchev–Trinajstić information content (AvgIpc) is 3.09. The summed E-state index contributed by atoms with van der Waals surface area (Å²) in [5.41, 5.74) is 3.52. The first-order valence-corrected chi connectivity index (χ1v) is 9.02. The van der Waals surface area contributed by atoms with Gasteiger partial charge in [0, 0.05) is 0 Å². The fraction of sp³-hybridized carbons (Fsp3) is 0.588. The Morgan fingerprint density at radius 3 is 2.42 bits per heavy atom. The lowest BCUT2D eigenvalue weighted by atomic mass is 9.84. The molecule has 1 amide bonds. The van der Waals surface area contributed by atoms with Crippen LogP contribution in [0.5, 0.6) is 11.5 Å². The van der Waals surface area contributed by atoms with Gasteiger partial charge in [0.2, 0.25) is 0 Å². The summed E-state index contributed by atoms with van der Waals surface area (Å²) in [6, 6.07) is 5.30. The van der Waals surface area contributed by atoms with Crippen LogP contribution in [0.15, 0.2) is 18.2 Å². The summed E-state index contributed by atoms with van der Waals surface area (Å²) in [5.74, 6) is 0.744. The van der Waals surface area contributed by atoms with Gasteiger partial charge in [0.05, 0.1) is 26.3 Å². The van der Waals surface area contributed by atoms with E-state index in [1.54, 1.807) is 44.4 Å². The van der Waals surface area contributed by atoms with Crippen LogP contribution in [0.2, 0.25) is 0 Å². The van der Waals surface area contributed by atoms with Crippen molar-refractivity contribution >= 4 is 17.9 Å². The molecule has 24 heavy (non-hydrogen) atoms. The Bertz CT molecular complexity index is 556. The smallest absolute Gasteiger partial charge is 0.273 e. The van der Waals surface area contributed by atoms with Crippen LogP contribution in [0.3, 0.4) is 0 Å². The highest BCUT2D eigenvalue weighted by molar-refractivity contribution is 7.97. The Balaban J connectivity index is 2.09. The minimum absolute atomic E-state index is 0.187. The molecule has 2 rings (SSSR count). The summed E-state index contributed by atoms with van der Waals surface area (Å²) in [6.07, 6.45) is 2.16. The van der Waals surface area contributed by atoms with Crippen LogP contribution in [0.4, 0.5) is 0 Å². The Morgan fingerprint density at radius 1 is 1.33 bits per heavy atom. The highest BCUT2D eigenvalue weighted by Gasteiger charge is 2.37. The van der Waals surface area contributed by atoms with Gasteiger partial charge in [-0.05, 0) is 42.3 Å². The number of hydrogen-bond donors (Lipinski definition) is 2. The zero-order chi connectivity index (χ0) is 17.7. The van der Waals surface area contributed by atoms with Crippen LogP contribution in [0.25, 0.3) is 0 Å². The van der Waals surface area contributed by atoms with Crippen LogP contribution in [-0.4, -0.2) is 36.6 Å². The lowest BCUT2D eigenvalue weighted by Gasteiger charge is -2.32. The highest BCUT2D eigenvalue weighted by atomic mass is 32.2. The van der Waals surface area contributed by atoms with Crippen molar-refractivity contribution in [3.8, 4) is 11.5 Å². The van der Waals surface area contributed by atoms with Gasteiger partial charge in [-0.15, -0.1) is 4.41 Å². The number of rotatable bonds is 7. The van der Waals surface area contributed by atoms with Crippen molar-refractivity contribution in [3.63, 3.8) is 0 Å². The molecule has 0 saturated carbocycles. The molecule has 1 heterocycles. The van der Waals surface area contributed by atoms with Crippen LogP contribution in [0.1, 0.15) is 44.0 Å². The minimum Gasteiger partial charge on any atom is -0.496 e. The minimum atomic E-state index is -0.242. The molecule has 1 saturated heterocycles. The molecule has 1 aliphatic rings. The van der Waals surface area contributed by atoms with E-state index in [2.05, 4.69) is 31.5 Å². The molecule has 0 spiro atoms. The fourth-order valence-corrected chi connectivity index (χ4v) is 3.95. The lowest BCUT2D eigenvalue weighted by molar-refractivity contribution is 0.0881. The second-order valence-corrected chi connectivity index (χ2v) is 7.19. The first kappa shape index (κ1) is 18.9. The van der Waals surface area contributed by atoms with Gasteiger partial charge in [-0.2, -0.15) is 0 Å². The Morgan fingerprint density at radius 2 is 1.92 bits per heavy atom. The van der Waals surface area contributed by atoms with Crippen molar-refractivity contribution in [2.45, 2.75) is 39.0 Å². The van der Waals surface area contributed by atoms with Gasteiger partial charge >= 0.3 is 0 Å². The predicted molar refractivity (Wildman–Crippen MR) is 96.9 cm³/mol. The normalized spacial score (nSPS) is 18.5. The second-order valence-electron chi connectivity index (χ2n) is 6.07. The van der Waals surface area contributed by atoms with Crippen molar-refractivity contribution in [3.05, 3.63) is 23.8 Å². The van der Waals surface area contributed by atoms with E-state index < -0.39 is 0 Å². The molecule has 0 bridgehead atoms. The molecule has 1 aromatic carbocycles. The van der Waals surface area contributed by atoms with E-state index in [0.717, 1.165) is 12.8 Å². The number of hydrogen-bond acceptors (Lipinski definition) is 6. The van der Waals surface area contributed by atoms with Gasteiger partial charge < -0.3 is 9.47 Å². The molecule has 1 aliphatic heterocycles. The second kappa shape index (κ2) is 8.09. The number of benzene rings is 1. The van der Waals surface area contributed by atoms with Crippen molar-refractivity contribution in [1.82, 2.24) is 15.2 Å². The third kappa shape index (κ3) is 3.79. The van der Waals surface area contributed by atoms with Crippen LogP contribution in [-0.2, 0) is 0 Å². The number of nitrogens with one attached hydrogen (secondary N) is 2. The predicted octanol–water partition coefficient (Wildman–Crippen LogP) is 3.01. The Hall–Kier alpha value is -1.44. The van der Waals surface area contributed by atoms with E-state index >= 15 is 0 Å². The first-order valence-electron chi connectivity index (χ1n) is 8.18. The monoisotopic (exact) mass is 353 g/mol. The quantitative estimate of drug-likeness (QED) is 0.735. The molecule has 0 aliphatic carbocycles. The summed E-state index contributed by atoms with van der Waals surface area (Å²) in [4.78, 5) is 12.7. The van der Waals surface area contributed by atoms with Crippen molar-refractivity contribution in [1.29, 1.82) is 0 Å². The third-order valence-electron chi connectivity index (χ3n) is 4.78. The van der Waals surface area contributed by atoms with Crippen molar-refractivity contribution in [2.75, 3.05) is 20.9 Å². The highest BCUT2D eigenvalue weighted by Crippen LogP contribution is 2.39. The number of carbonyl (C=O) groups excluding carboxylic acids is 1. The van der Waals surface area contributed by atoms with E-state index in [1.165, 1.54) is 0 Å². The van der Waals surface area contributed by atoms with Gasteiger partial charge in [-0.1, -0.05) is 26.8 Å². The van der Waals surface area contributed by atoms with Crippen LogP contribution < -0.4 is 20.2 Å². The molecule has 7 heteroatoms. The third-order valence-corrected chi connectivity index (χ3v) is 6.20. The first-order chi connectivity index (χ1) is 11.5. The van der Waals surface area contributed by atoms with Crippen LogP contribution >= 0.6 is 11.9 Å². The molecule has 134 valence electrons. The number of ether oxygens (including phenoxy) is 2. The average molecular weight is 353 g/mol. The molecule has 0 aromatic heterocycles. The van der Waals surface area contributed by atoms with Gasteiger partial charge in [-0.3, -0.25) is 15.5 Å². The van der Waals surface area contributed by atoms with E-state index in [9.17, 15) is 4.79 Å². The van der Waals surface area contributed by atoms with Gasteiger partial charge in [0.25, 0.3) is 5.91 Å². The standard InChI is InChI=1S/C17H27N3O3S/c1-6-17(3,7-2)16-18-11-20(24-16)19-15(21)14-12(22-4)9-8-10-13(14)23-5/h8-10,16,18H,6-7,11H2,1-5H3,(H,19,21). The fourth-order valence-electron chi connectivity index (χ4n) is 2.67. The zero-order valence-corrected chi connectivity index (χ0v) is 15.8. The van der Waals surface area contributed by atoms with E-state index in [0.29, 0.717) is 23.7 Å². The van der Waals surface area contributed by atoms with Crippen LogP contribution in [0, 0.1) is 5.41 Å². The number of methoxy groups -OCH3 is 2. The Labute approximate surface area is 148 Å². The zero-order valence-electron chi connectivity index (χ0n) is 15.0. The van der Waals surface area contributed by atoms with E-state index in [4.69, 9.17) is 9.47 Å². The number of amides is 1. The molecule has 1 fully saturated rings. The van der Waals surface area contributed by atoms with Gasteiger partial charge in [-0.25, -0.2) is 0 Å². The largest absolute Gasteiger partial charge is 0.496 e. The topological polar surface area (TPSA) is 62.8 Å². The van der Waals surface area contributed by atoms with Gasteiger partial charge in [0.1, 0.15) is 17.1 Å². The molecule has 6 nitrogen and oxygen atoms in total. The summed E-state index contributed by atoms with van der Waals surface area (Å²) >= 11 is 1.63. The molecule has 2 N–H and O–H groups in total. The number of carbonyl (C=O) groups is 1. The molecular formula is C17H27N3O3S. The SMILES string of the molecule is CCC(C)(CC)C1NCN(NC(=O)c2c(OC)cccc2OC)S1. The lowest BCUT2D eigenvalue weighted by Crippen LogP contribution is -2.38. The summed E-state index contributed by atoms with van der Waals surface area (Å²) in [6.45, 7) is 7.26. The van der Waals surface area contributed by atoms with Crippen molar-refractivity contribution in [2.24, 2.45) is 5.41 Å². The summed E-state index contributed by atoms with van der Waals surface area (Å²) in [5, 5.41) is 3.75. The summed E-state index contributed by atoms with van der Waals surface area (Å²) < 4.78 is 12.4. The molecular weight excluding hydrogens is 326 g/mol. The van der Waals surface area contributed by atoms with E-state index in [-0.39, 0.29) is 16.7 Å². The maximum absolute atomic E-state index is 12.7. The van der Waals surface area contributed by atoms with Crippen molar-refractivity contribution < 1.29 is 14.3 Å². The number of nitrogens with zero attached hydrogens (tertiary/aromatic N) is 1. The maximum Gasteiger partial charge on any atom is 0.273 e. The van der Waals surface area contributed by atoms with Gasteiger partial charge in [0.15, 0.2) is 0 Å². The number of hydrazine groups is 1. The molecule has 1 aromatic rings. The van der Waals surface area contributed by atoms with E-state index in [1.807, 2.05) is 4.41 Å². The molecule has 0 radical (unpaired) electrons. The Kier molecular flexibility index (Phi) is 6.37. The summed E-state index contributed by atoms with van der Waals surface area (Å²) in [7, 11) is 3.09. The molecule has 1 unspecified atom stereocenters. The molecule has 1 atom stereocenters. The maximum atomic E-state index is 12.7.